The van der Waals surface area contributed by atoms with Crippen LogP contribution in [0.1, 0.15) is 0 Å². The molecule has 12 rings (SSSR count). The molecule has 0 amide bonds. The van der Waals surface area contributed by atoms with Crippen LogP contribution in [-0.4, -0.2) is 4.57 Å². The summed E-state index contributed by atoms with van der Waals surface area (Å²) in [7, 11) is 0. The maximum Gasteiger partial charge on any atom is 0.136 e. The minimum absolute atomic E-state index is 0.936. The van der Waals surface area contributed by atoms with Crippen LogP contribution < -0.4 is 0 Å². The number of hydrogen-bond acceptors (Lipinski definition) is 1. The van der Waals surface area contributed by atoms with E-state index in [0.717, 1.165) is 16.9 Å². The molecule has 2 heteroatoms. The van der Waals surface area contributed by atoms with Crippen molar-refractivity contribution in [3.63, 3.8) is 0 Å². The second-order valence-corrected chi connectivity index (χ2v) is 14.0. The van der Waals surface area contributed by atoms with Crippen molar-refractivity contribution in [1.29, 1.82) is 0 Å². The molecule has 52 heavy (non-hydrogen) atoms. The standard InChI is InChI=1S/C50H29NO/c1-2-16-34-30(12-1)26-27-43-49(34)40-21-7-8-23-42(40)51(43)33-15-9-13-31(28-33)46-35-17-3-5-19-37(35)48(38-20-6-4-18-36(38)46)41-29-32-14-10-24-44-47(32)50-39(41)22-11-25-45(50)52-44/h1-29H. The van der Waals surface area contributed by atoms with Gasteiger partial charge in [-0.25, -0.2) is 0 Å². The van der Waals surface area contributed by atoms with Crippen LogP contribution in [0.4, 0.5) is 0 Å². The SMILES string of the molecule is c1cc(-c2c3ccccc3c(-c3cc4cccc5oc6cccc3c6c45)c3ccccc23)cc(-n2c3ccccc3c3c4ccccc4ccc32)c1. The summed E-state index contributed by atoms with van der Waals surface area (Å²) in [5.74, 6) is 0. The third kappa shape index (κ3) is 3.68. The smallest absolute Gasteiger partial charge is 0.136 e. The van der Waals surface area contributed by atoms with Crippen molar-refractivity contribution in [3.05, 3.63) is 176 Å². The highest BCUT2D eigenvalue weighted by Crippen LogP contribution is 2.49. The van der Waals surface area contributed by atoms with Gasteiger partial charge in [-0.2, -0.15) is 0 Å². The molecule has 0 unspecified atom stereocenters. The van der Waals surface area contributed by atoms with Crippen LogP contribution in [-0.2, 0) is 0 Å². The van der Waals surface area contributed by atoms with Gasteiger partial charge in [0.2, 0.25) is 0 Å². The van der Waals surface area contributed by atoms with Crippen molar-refractivity contribution in [2.24, 2.45) is 0 Å². The Morgan fingerprint density at radius 3 is 1.73 bits per heavy atom. The van der Waals surface area contributed by atoms with E-state index in [0.29, 0.717) is 0 Å². The molecule has 0 aliphatic rings. The molecular weight excluding hydrogens is 631 g/mol. The zero-order chi connectivity index (χ0) is 33.9. The van der Waals surface area contributed by atoms with Gasteiger partial charge in [-0.15, -0.1) is 0 Å². The Kier molecular flexibility index (Phi) is 5.53. The quantitative estimate of drug-likeness (QED) is 0.136. The molecule has 2 heterocycles. The first kappa shape index (κ1) is 27.9. The molecule has 2 nitrogen and oxygen atoms in total. The van der Waals surface area contributed by atoms with Gasteiger partial charge in [0.05, 0.1) is 11.0 Å². The van der Waals surface area contributed by atoms with Crippen molar-refractivity contribution >= 4 is 86.8 Å². The van der Waals surface area contributed by atoms with Gasteiger partial charge in [0, 0.05) is 27.2 Å². The topological polar surface area (TPSA) is 18.1 Å². The largest absolute Gasteiger partial charge is 0.456 e. The maximum atomic E-state index is 6.37. The van der Waals surface area contributed by atoms with Gasteiger partial charge in [0.15, 0.2) is 0 Å². The van der Waals surface area contributed by atoms with Crippen molar-refractivity contribution in [2.75, 3.05) is 0 Å². The number of para-hydroxylation sites is 1. The molecule has 240 valence electrons. The van der Waals surface area contributed by atoms with Crippen LogP contribution in [0, 0.1) is 0 Å². The molecule has 0 aliphatic carbocycles. The predicted molar refractivity (Wildman–Crippen MR) is 220 cm³/mol. The Bertz CT molecular complexity index is 3360. The van der Waals surface area contributed by atoms with Gasteiger partial charge in [-0.05, 0) is 108 Å². The second-order valence-electron chi connectivity index (χ2n) is 14.0. The first-order chi connectivity index (χ1) is 25.8. The summed E-state index contributed by atoms with van der Waals surface area (Å²) in [4.78, 5) is 0. The summed E-state index contributed by atoms with van der Waals surface area (Å²) in [6, 6.07) is 64.4. The fourth-order valence-corrected chi connectivity index (χ4v) is 9.23. The third-order valence-corrected chi connectivity index (χ3v) is 11.3. The molecule has 0 bridgehead atoms. The van der Waals surface area contributed by atoms with Gasteiger partial charge in [-0.1, -0.05) is 133 Å². The normalized spacial score (nSPS) is 12.2. The van der Waals surface area contributed by atoms with E-state index in [2.05, 4.69) is 180 Å². The molecule has 0 spiro atoms. The molecule has 0 saturated heterocycles. The van der Waals surface area contributed by atoms with E-state index in [1.165, 1.54) is 97.9 Å². The zero-order valence-corrected chi connectivity index (χ0v) is 28.1. The van der Waals surface area contributed by atoms with Crippen molar-refractivity contribution < 1.29 is 4.42 Å². The molecule has 0 aliphatic heterocycles. The molecular formula is C50H29NO. The van der Waals surface area contributed by atoms with E-state index < -0.39 is 0 Å². The highest BCUT2D eigenvalue weighted by atomic mass is 16.3. The summed E-state index contributed by atoms with van der Waals surface area (Å²) >= 11 is 0. The van der Waals surface area contributed by atoms with Crippen LogP contribution in [0.3, 0.4) is 0 Å². The van der Waals surface area contributed by atoms with E-state index in [4.69, 9.17) is 4.42 Å². The highest BCUT2D eigenvalue weighted by Gasteiger charge is 2.22. The predicted octanol–water partition coefficient (Wildman–Crippen LogP) is 14.1. The number of hydrogen-bond donors (Lipinski definition) is 0. The van der Waals surface area contributed by atoms with Crippen molar-refractivity contribution in [3.8, 4) is 27.9 Å². The van der Waals surface area contributed by atoms with E-state index in [1.54, 1.807) is 0 Å². The van der Waals surface area contributed by atoms with E-state index in [9.17, 15) is 0 Å². The number of aromatic nitrogens is 1. The van der Waals surface area contributed by atoms with Crippen molar-refractivity contribution in [1.82, 2.24) is 4.57 Å². The molecule has 0 saturated carbocycles. The fraction of sp³-hybridized carbons (Fsp3) is 0. The first-order valence-electron chi connectivity index (χ1n) is 17.9. The first-order valence-corrected chi connectivity index (χ1v) is 17.9. The van der Waals surface area contributed by atoms with Gasteiger partial charge < -0.3 is 8.98 Å². The van der Waals surface area contributed by atoms with Gasteiger partial charge in [0.25, 0.3) is 0 Å². The lowest BCUT2D eigenvalue weighted by Gasteiger charge is -2.19. The third-order valence-electron chi connectivity index (χ3n) is 11.3. The minimum Gasteiger partial charge on any atom is -0.456 e. The lowest BCUT2D eigenvalue weighted by molar-refractivity contribution is 0.669. The maximum absolute atomic E-state index is 6.37. The van der Waals surface area contributed by atoms with Crippen molar-refractivity contribution in [2.45, 2.75) is 0 Å². The van der Waals surface area contributed by atoms with Crippen LogP contribution in [0.5, 0.6) is 0 Å². The molecule has 0 N–H and O–H groups in total. The van der Waals surface area contributed by atoms with Crippen LogP contribution in [0.2, 0.25) is 0 Å². The Morgan fingerprint density at radius 1 is 0.346 bits per heavy atom. The number of furan rings is 1. The number of fused-ring (bicyclic) bond motifs is 7. The van der Waals surface area contributed by atoms with Crippen LogP contribution in [0.15, 0.2) is 180 Å². The zero-order valence-electron chi connectivity index (χ0n) is 28.1. The van der Waals surface area contributed by atoms with Gasteiger partial charge in [0.1, 0.15) is 11.2 Å². The molecule has 2 aromatic heterocycles. The second kappa shape index (κ2) is 10.3. The Labute approximate surface area is 298 Å². The van der Waals surface area contributed by atoms with Crippen LogP contribution >= 0.6 is 0 Å². The summed E-state index contributed by atoms with van der Waals surface area (Å²) in [5.41, 5.74) is 10.4. The monoisotopic (exact) mass is 659 g/mol. The highest BCUT2D eigenvalue weighted by molar-refractivity contribution is 6.30. The Hall–Kier alpha value is -6.90. The lowest BCUT2D eigenvalue weighted by atomic mass is 9.84. The Balaban J connectivity index is 1.16. The summed E-state index contributed by atoms with van der Waals surface area (Å²) in [6.45, 7) is 0. The van der Waals surface area contributed by atoms with E-state index in [1.807, 2.05) is 0 Å². The molecule has 0 atom stereocenters. The summed E-state index contributed by atoms with van der Waals surface area (Å²) < 4.78 is 8.81. The van der Waals surface area contributed by atoms with Gasteiger partial charge >= 0.3 is 0 Å². The average Bonchev–Trinajstić information content (AvgIpc) is 3.76. The Morgan fingerprint density at radius 2 is 0.942 bits per heavy atom. The lowest BCUT2D eigenvalue weighted by Crippen LogP contribution is -1.96. The number of rotatable bonds is 3. The van der Waals surface area contributed by atoms with Crippen LogP contribution in [0.25, 0.3) is 115 Å². The molecule has 0 radical (unpaired) electrons. The molecule has 0 fully saturated rings. The van der Waals surface area contributed by atoms with Gasteiger partial charge in [-0.3, -0.25) is 0 Å². The number of nitrogens with zero attached hydrogens (tertiary/aromatic N) is 1. The molecule has 10 aromatic carbocycles. The van der Waals surface area contributed by atoms with E-state index in [-0.39, 0.29) is 0 Å². The summed E-state index contributed by atoms with van der Waals surface area (Å²) in [6.07, 6.45) is 0. The van der Waals surface area contributed by atoms with E-state index >= 15 is 0 Å². The number of benzene rings is 10. The molecule has 12 aromatic rings. The minimum atomic E-state index is 0.936. The average molecular weight is 660 g/mol. The fourth-order valence-electron chi connectivity index (χ4n) is 9.23. The summed E-state index contributed by atoms with van der Waals surface area (Å²) in [5, 5.41) is 14.9.